The number of hydrogen-bond donors (Lipinski definition) is 1. The Kier molecular flexibility index (Phi) is 4.78. The summed E-state index contributed by atoms with van der Waals surface area (Å²) in [5, 5.41) is 18.4. The number of amides is 1. The Labute approximate surface area is 118 Å². The van der Waals surface area contributed by atoms with E-state index in [1.807, 2.05) is 6.07 Å². The minimum Gasteiger partial charge on any atom is -0.508 e. The van der Waals surface area contributed by atoms with E-state index >= 15 is 0 Å². The van der Waals surface area contributed by atoms with E-state index in [2.05, 4.69) is 0 Å². The van der Waals surface area contributed by atoms with E-state index in [1.165, 1.54) is 12.1 Å². The molecule has 0 aliphatic carbocycles. The Morgan fingerprint density at radius 3 is 2.30 bits per heavy atom. The number of nitriles is 1. The number of hydrogen-bond acceptors (Lipinski definition) is 3. The molecule has 1 aliphatic heterocycles. The van der Waals surface area contributed by atoms with Gasteiger partial charge in [-0.3, -0.25) is 4.79 Å². The first-order valence-electron chi connectivity index (χ1n) is 6.91. The summed E-state index contributed by atoms with van der Waals surface area (Å²) in [5.74, 6) is -0.0259. The fraction of sp³-hybridized carbons (Fsp3) is 0.375. The third-order valence-corrected chi connectivity index (χ3v) is 3.45. The molecule has 0 bridgehead atoms. The minimum absolute atomic E-state index is 0.151. The molecule has 0 radical (unpaired) electrons. The third-order valence-electron chi connectivity index (χ3n) is 3.45. The topological polar surface area (TPSA) is 64.3 Å². The van der Waals surface area contributed by atoms with E-state index in [9.17, 15) is 15.2 Å². The maximum absolute atomic E-state index is 12.3. The largest absolute Gasteiger partial charge is 0.508 e. The van der Waals surface area contributed by atoms with Crippen LogP contribution < -0.4 is 0 Å². The number of carbonyl (C=O) groups is 1. The smallest absolute Gasteiger partial charge is 0.264 e. The molecule has 0 aromatic heterocycles. The van der Waals surface area contributed by atoms with Crippen LogP contribution in [0.15, 0.2) is 29.8 Å². The predicted molar refractivity (Wildman–Crippen MR) is 76.7 cm³/mol. The van der Waals surface area contributed by atoms with Gasteiger partial charge in [-0.1, -0.05) is 25.0 Å². The SMILES string of the molecule is N#C/C(=C\c1ccc(O)cc1)C(=O)N1CCCCCC1. The predicted octanol–water partition coefficient (Wildman–Crippen LogP) is 2.70. The van der Waals surface area contributed by atoms with E-state index in [0.29, 0.717) is 0 Å². The molecule has 0 atom stereocenters. The second kappa shape index (κ2) is 6.76. The van der Waals surface area contributed by atoms with Gasteiger partial charge in [0.1, 0.15) is 17.4 Å². The number of benzene rings is 1. The van der Waals surface area contributed by atoms with Crippen molar-refractivity contribution in [2.24, 2.45) is 0 Å². The van der Waals surface area contributed by atoms with Gasteiger partial charge in [0, 0.05) is 13.1 Å². The minimum atomic E-state index is -0.192. The molecule has 4 nitrogen and oxygen atoms in total. The molecule has 1 aromatic carbocycles. The number of phenolic OH excluding ortho intramolecular Hbond substituents is 1. The van der Waals surface area contributed by atoms with Gasteiger partial charge in [-0.25, -0.2) is 0 Å². The van der Waals surface area contributed by atoms with Crippen LogP contribution in [-0.4, -0.2) is 29.0 Å². The van der Waals surface area contributed by atoms with Crippen LogP contribution in [0.1, 0.15) is 31.2 Å². The molecule has 1 aromatic rings. The van der Waals surface area contributed by atoms with Gasteiger partial charge in [0.25, 0.3) is 5.91 Å². The van der Waals surface area contributed by atoms with Crippen molar-refractivity contribution < 1.29 is 9.90 Å². The van der Waals surface area contributed by atoms with Crippen LogP contribution in [0.25, 0.3) is 6.08 Å². The number of aromatic hydroxyl groups is 1. The monoisotopic (exact) mass is 270 g/mol. The number of nitrogens with zero attached hydrogens (tertiary/aromatic N) is 2. The van der Waals surface area contributed by atoms with Gasteiger partial charge in [-0.15, -0.1) is 0 Å². The van der Waals surface area contributed by atoms with Gasteiger partial charge in [0.05, 0.1) is 0 Å². The number of likely N-dealkylation sites (tertiary alicyclic amines) is 1. The summed E-state index contributed by atoms with van der Waals surface area (Å²) in [4.78, 5) is 14.1. The van der Waals surface area contributed by atoms with Crippen LogP contribution in [-0.2, 0) is 4.79 Å². The van der Waals surface area contributed by atoms with Gasteiger partial charge in [-0.05, 0) is 36.6 Å². The van der Waals surface area contributed by atoms with Crippen LogP contribution in [0.5, 0.6) is 5.75 Å². The van der Waals surface area contributed by atoms with Crippen LogP contribution in [0, 0.1) is 11.3 Å². The number of phenols is 1. The second-order valence-corrected chi connectivity index (χ2v) is 4.97. The summed E-state index contributed by atoms with van der Waals surface area (Å²) in [6.07, 6.45) is 5.88. The van der Waals surface area contributed by atoms with Crippen molar-refractivity contribution in [1.29, 1.82) is 5.26 Å². The zero-order valence-corrected chi connectivity index (χ0v) is 11.4. The van der Waals surface area contributed by atoms with Crippen LogP contribution >= 0.6 is 0 Å². The van der Waals surface area contributed by atoms with E-state index in [-0.39, 0.29) is 17.2 Å². The molecule has 1 saturated heterocycles. The molecule has 0 unspecified atom stereocenters. The lowest BCUT2D eigenvalue weighted by atomic mass is 10.1. The molecule has 20 heavy (non-hydrogen) atoms. The average Bonchev–Trinajstić information content (AvgIpc) is 2.75. The molecule has 1 aliphatic rings. The first-order chi connectivity index (χ1) is 9.70. The van der Waals surface area contributed by atoms with Crippen molar-refractivity contribution in [1.82, 2.24) is 4.90 Å². The summed E-state index contributed by atoms with van der Waals surface area (Å²) in [6, 6.07) is 8.43. The highest BCUT2D eigenvalue weighted by Gasteiger charge is 2.19. The molecule has 104 valence electrons. The van der Waals surface area contributed by atoms with Gasteiger partial charge >= 0.3 is 0 Å². The summed E-state index contributed by atoms with van der Waals surface area (Å²) < 4.78 is 0. The summed E-state index contributed by atoms with van der Waals surface area (Å²) in [7, 11) is 0. The fourth-order valence-corrected chi connectivity index (χ4v) is 2.32. The Hall–Kier alpha value is -2.28. The molecular formula is C16H18N2O2. The summed E-state index contributed by atoms with van der Waals surface area (Å²) in [5.41, 5.74) is 0.889. The molecule has 0 spiro atoms. The molecule has 1 N–H and O–H groups in total. The van der Waals surface area contributed by atoms with E-state index in [4.69, 9.17) is 0 Å². The van der Waals surface area contributed by atoms with Crippen molar-refractivity contribution >= 4 is 12.0 Å². The summed E-state index contributed by atoms with van der Waals surface area (Å²) >= 11 is 0. The molecule has 1 fully saturated rings. The maximum Gasteiger partial charge on any atom is 0.264 e. The average molecular weight is 270 g/mol. The first-order valence-corrected chi connectivity index (χ1v) is 6.91. The zero-order chi connectivity index (χ0) is 14.4. The Bertz CT molecular complexity index is 533. The fourth-order valence-electron chi connectivity index (χ4n) is 2.32. The van der Waals surface area contributed by atoms with Crippen molar-refractivity contribution in [2.75, 3.05) is 13.1 Å². The third kappa shape index (κ3) is 3.61. The van der Waals surface area contributed by atoms with Gasteiger partial charge in [0.15, 0.2) is 0 Å². The normalized spacial score (nSPS) is 16.4. The van der Waals surface area contributed by atoms with Crippen molar-refractivity contribution in [3.63, 3.8) is 0 Å². The highest BCUT2D eigenvalue weighted by molar-refractivity contribution is 6.01. The molecular weight excluding hydrogens is 252 g/mol. The number of rotatable bonds is 2. The molecule has 0 saturated carbocycles. The lowest BCUT2D eigenvalue weighted by molar-refractivity contribution is -0.126. The van der Waals surface area contributed by atoms with E-state index in [1.54, 1.807) is 23.1 Å². The highest BCUT2D eigenvalue weighted by atomic mass is 16.3. The lowest BCUT2D eigenvalue weighted by Crippen LogP contribution is -2.32. The van der Waals surface area contributed by atoms with E-state index in [0.717, 1.165) is 44.3 Å². The van der Waals surface area contributed by atoms with Gasteiger partial charge < -0.3 is 10.0 Å². The Balaban J connectivity index is 2.16. The molecule has 1 amide bonds. The second-order valence-electron chi connectivity index (χ2n) is 4.97. The van der Waals surface area contributed by atoms with Crippen LogP contribution in [0.4, 0.5) is 0 Å². The Morgan fingerprint density at radius 2 is 1.75 bits per heavy atom. The first kappa shape index (κ1) is 14.1. The molecule has 4 heteroatoms. The molecule has 2 rings (SSSR count). The van der Waals surface area contributed by atoms with Gasteiger partial charge in [-0.2, -0.15) is 5.26 Å². The van der Waals surface area contributed by atoms with Crippen molar-refractivity contribution in [3.05, 3.63) is 35.4 Å². The van der Waals surface area contributed by atoms with Gasteiger partial charge in [0.2, 0.25) is 0 Å². The van der Waals surface area contributed by atoms with Crippen molar-refractivity contribution in [2.45, 2.75) is 25.7 Å². The number of carbonyl (C=O) groups excluding carboxylic acids is 1. The Morgan fingerprint density at radius 1 is 1.15 bits per heavy atom. The highest BCUT2D eigenvalue weighted by Crippen LogP contribution is 2.16. The van der Waals surface area contributed by atoms with E-state index < -0.39 is 0 Å². The van der Waals surface area contributed by atoms with Crippen LogP contribution in [0.2, 0.25) is 0 Å². The summed E-state index contributed by atoms with van der Waals surface area (Å²) in [6.45, 7) is 1.46. The van der Waals surface area contributed by atoms with Crippen molar-refractivity contribution in [3.8, 4) is 11.8 Å². The maximum atomic E-state index is 12.3. The zero-order valence-electron chi connectivity index (χ0n) is 11.4. The van der Waals surface area contributed by atoms with Crippen LogP contribution in [0.3, 0.4) is 0 Å². The standard InChI is InChI=1S/C16H18N2O2/c17-12-14(11-13-5-7-15(19)8-6-13)16(20)18-9-3-1-2-4-10-18/h5-8,11,19H,1-4,9-10H2/b14-11+. The molecule has 1 heterocycles. The quantitative estimate of drug-likeness (QED) is 0.663. The lowest BCUT2D eigenvalue weighted by Gasteiger charge is -2.19.